The molecule has 2 aromatic heterocycles. The van der Waals surface area contributed by atoms with E-state index >= 15 is 0 Å². The van der Waals surface area contributed by atoms with Gasteiger partial charge in [-0.2, -0.15) is 5.26 Å². The SMILES string of the molecule is CCCCOc1c(/C=C/C(=O)Nc2cccnc2Nc2ccc(C#N)cn2)cccc1OC. The van der Waals surface area contributed by atoms with Crippen LogP contribution in [0.2, 0.25) is 0 Å². The number of anilines is 3. The Bertz CT molecular complexity index is 1150. The van der Waals surface area contributed by atoms with Crippen LogP contribution in [0.3, 0.4) is 0 Å². The Labute approximate surface area is 192 Å². The fraction of sp³-hybridized carbons (Fsp3) is 0.200. The van der Waals surface area contributed by atoms with E-state index in [0.29, 0.717) is 41.0 Å². The van der Waals surface area contributed by atoms with Crippen LogP contribution >= 0.6 is 0 Å². The van der Waals surface area contributed by atoms with Crippen LogP contribution in [-0.4, -0.2) is 29.6 Å². The summed E-state index contributed by atoms with van der Waals surface area (Å²) in [5.74, 6) is 1.82. The summed E-state index contributed by atoms with van der Waals surface area (Å²) in [6.07, 6.45) is 8.12. The van der Waals surface area contributed by atoms with Crippen molar-refractivity contribution in [3.8, 4) is 17.6 Å². The van der Waals surface area contributed by atoms with Crippen LogP contribution in [0.4, 0.5) is 17.3 Å². The number of hydrogen-bond acceptors (Lipinski definition) is 7. The predicted molar refractivity (Wildman–Crippen MR) is 128 cm³/mol. The molecular weight excluding hydrogens is 418 g/mol. The monoisotopic (exact) mass is 443 g/mol. The van der Waals surface area contributed by atoms with E-state index in [1.54, 1.807) is 43.6 Å². The Hall–Kier alpha value is -4.38. The van der Waals surface area contributed by atoms with Crippen LogP contribution < -0.4 is 20.1 Å². The summed E-state index contributed by atoms with van der Waals surface area (Å²) in [6, 6.07) is 14.3. The number of amides is 1. The maximum absolute atomic E-state index is 12.6. The van der Waals surface area contributed by atoms with Gasteiger partial charge in [0.2, 0.25) is 5.91 Å². The lowest BCUT2D eigenvalue weighted by Crippen LogP contribution is -2.10. The van der Waals surface area contributed by atoms with E-state index in [9.17, 15) is 4.79 Å². The molecular formula is C25H25N5O3. The van der Waals surface area contributed by atoms with Gasteiger partial charge in [0, 0.05) is 24.0 Å². The van der Waals surface area contributed by atoms with Crippen molar-refractivity contribution in [2.45, 2.75) is 19.8 Å². The highest BCUT2D eigenvalue weighted by atomic mass is 16.5. The molecule has 1 aromatic carbocycles. The van der Waals surface area contributed by atoms with Crippen molar-refractivity contribution in [3.05, 3.63) is 72.1 Å². The van der Waals surface area contributed by atoms with Crippen molar-refractivity contribution in [1.82, 2.24) is 9.97 Å². The van der Waals surface area contributed by atoms with Crippen LogP contribution in [0.25, 0.3) is 6.08 Å². The van der Waals surface area contributed by atoms with Crippen molar-refractivity contribution in [2.24, 2.45) is 0 Å². The fourth-order valence-electron chi connectivity index (χ4n) is 2.90. The van der Waals surface area contributed by atoms with E-state index in [2.05, 4.69) is 27.5 Å². The summed E-state index contributed by atoms with van der Waals surface area (Å²) in [5.41, 5.74) is 1.69. The molecule has 0 atom stereocenters. The third-order valence-electron chi connectivity index (χ3n) is 4.59. The number of unbranched alkanes of at least 4 members (excludes halogenated alkanes) is 1. The molecule has 0 fully saturated rings. The van der Waals surface area contributed by atoms with Gasteiger partial charge >= 0.3 is 0 Å². The average Bonchev–Trinajstić information content (AvgIpc) is 2.85. The Balaban J connectivity index is 1.73. The van der Waals surface area contributed by atoms with Crippen LogP contribution in [-0.2, 0) is 4.79 Å². The summed E-state index contributed by atoms with van der Waals surface area (Å²) in [5, 5.41) is 14.8. The van der Waals surface area contributed by atoms with E-state index in [1.807, 2.05) is 24.3 Å². The molecule has 0 aliphatic carbocycles. The molecule has 0 saturated heterocycles. The number of para-hydroxylation sites is 1. The number of benzene rings is 1. The lowest BCUT2D eigenvalue weighted by atomic mass is 10.1. The maximum atomic E-state index is 12.6. The lowest BCUT2D eigenvalue weighted by molar-refractivity contribution is -0.111. The molecule has 1 amide bonds. The molecule has 33 heavy (non-hydrogen) atoms. The number of nitrogens with zero attached hydrogens (tertiary/aromatic N) is 3. The van der Waals surface area contributed by atoms with Gasteiger partial charge in [-0.25, -0.2) is 9.97 Å². The summed E-state index contributed by atoms with van der Waals surface area (Å²) < 4.78 is 11.3. The van der Waals surface area contributed by atoms with Crippen LogP contribution in [0.15, 0.2) is 60.9 Å². The van der Waals surface area contributed by atoms with E-state index in [1.165, 1.54) is 12.3 Å². The first-order valence-electron chi connectivity index (χ1n) is 10.5. The maximum Gasteiger partial charge on any atom is 0.248 e. The second-order valence-electron chi connectivity index (χ2n) is 6.97. The summed E-state index contributed by atoms with van der Waals surface area (Å²) in [7, 11) is 1.59. The number of ether oxygens (including phenoxy) is 2. The summed E-state index contributed by atoms with van der Waals surface area (Å²) in [6.45, 7) is 2.66. The smallest absolute Gasteiger partial charge is 0.248 e. The number of methoxy groups -OCH3 is 1. The van der Waals surface area contributed by atoms with Crippen molar-refractivity contribution < 1.29 is 14.3 Å². The zero-order chi connectivity index (χ0) is 23.5. The van der Waals surface area contributed by atoms with E-state index < -0.39 is 0 Å². The largest absolute Gasteiger partial charge is 0.493 e. The third-order valence-corrected chi connectivity index (χ3v) is 4.59. The normalized spacial score (nSPS) is 10.5. The summed E-state index contributed by atoms with van der Waals surface area (Å²) >= 11 is 0. The zero-order valence-corrected chi connectivity index (χ0v) is 18.5. The van der Waals surface area contributed by atoms with Crippen molar-refractivity contribution >= 4 is 29.3 Å². The van der Waals surface area contributed by atoms with Gasteiger partial charge in [0.1, 0.15) is 11.9 Å². The average molecular weight is 444 g/mol. The molecule has 3 rings (SSSR count). The predicted octanol–water partition coefficient (Wildman–Crippen LogP) is 4.93. The number of nitrogens with one attached hydrogen (secondary N) is 2. The second kappa shape index (κ2) is 11.9. The van der Waals surface area contributed by atoms with Gasteiger partial charge in [0.25, 0.3) is 0 Å². The van der Waals surface area contributed by atoms with Gasteiger partial charge in [-0.1, -0.05) is 25.5 Å². The Kier molecular flexibility index (Phi) is 8.37. The number of carbonyl (C=O) groups is 1. The molecule has 0 radical (unpaired) electrons. The number of aromatic nitrogens is 2. The van der Waals surface area contributed by atoms with E-state index in [0.717, 1.165) is 18.4 Å². The van der Waals surface area contributed by atoms with Crippen molar-refractivity contribution in [2.75, 3.05) is 24.4 Å². The molecule has 0 saturated carbocycles. The van der Waals surface area contributed by atoms with Gasteiger partial charge in [-0.05, 0) is 42.8 Å². The van der Waals surface area contributed by atoms with E-state index in [-0.39, 0.29) is 5.91 Å². The molecule has 0 aliphatic rings. The van der Waals surface area contributed by atoms with Crippen LogP contribution in [0, 0.1) is 11.3 Å². The Morgan fingerprint density at radius 3 is 2.79 bits per heavy atom. The highest BCUT2D eigenvalue weighted by molar-refractivity contribution is 6.03. The van der Waals surface area contributed by atoms with E-state index in [4.69, 9.17) is 14.7 Å². The summed E-state index contributed by atoms with van der Waals surface area (Å²) in [4.78, 5) is 21.1. The minimum Gasteiger partial charge on any atom is -0.493 e. The molecule has 8 nitrogen and oxygen atoms in total. The quantitative estimate of drug-likeness (QED) is 0.338. The Morgan fingerprint density at radius 2 is 2.06 bits per heavy atom. The number of nitriles is 1. The second-order valence-corrected chi connectivity index (χ2v) is 6.97. The lowest BCUT2D eigenvalue weighted by Gasteiger charge is -2.13. The fourth-order valence-corrected chi connectivity index (χ4v) is 2.90. The molecule has 168 valence electrons. The molecule has 2 N–H and O–H groups in total. The minimum absolute atomic E-state index is 0.332. The number of pyridine rings is 2. The van der Waals surface area contributed by atoms with Gasteiger partial charge < -0.3 is 20.1 Å². The number of rotatable bonds is 10. The first-order valence-corrected chi connectivity index (χ1v) is 10.5. The highest BCUT2D eigenvalue weighted by Gasteiger charge is 2.10. The first-order chi connectivity index (χ1) is 16.1. The topological polar surface area (TPSA) is 109 Å². The van der Waals surface area contributed by atoms with Gasteiger partial charge in [-0.3, -0.25) is 4.79 Å². The van der Waals surface area contributed by atoms with Crippen molar-refractivity contribution in [3.63, 3.8) is 0 Å². The zero-order valence-electron chi connectivity index (χ0n) is 18.5. The van der Waals surface area contributed by atoms with Crippen LogP contribution in [0.5, 0.6) is 11.5 Å². The van der Waals surface area contributed by atoms with Crippen molar-refractivity contribution in [1.29, 1.82) is 5.26 Å². The molecule has 0 aliphatic heterocycles. The van der Waals surface area contributed by atoms with Gasteiger partial charge in [-0.15, -0.1) is 0 Å². The Morgan fingerprint density at radius 1 is 1.18 bits per heavy atom. The highest BCUT2D eigenvalue weighted by Crippen LogP contribution is 2.32. The molecule has 0 bridgehead atoms. The van der Waals surface area contributed by atoms with Crippen LogP contribution in [0.1, 0.15) is 30.9 Å². The molecule has 0 unspecified atom stereocenters. The first kappa shape index (κ1) is 23.3. The third kappa shape index (κ3) is 6.55. The molecule has 3 aromatic rings. The standard InChI is InChI=1S/C25H25N5O3/c1-3-4-15-33-24-19(7-5-9-21(24)32-2)11-13-23(31)29-20-8-6-14-27-25(20)30-22-12-10-18(16-26)17-28-22/h5-14,17H,3-4,15H2,1-2H3,(H,29,31)(H,27,28,30)/b13-11+. The molecule has 8 heteroatoms. The van der Waals surface area contributed by atoms with Gasteiger partial charge in [0.15, 0.2) is 17.3 Å². The number of carbonyl (C=O) groups excluding carboxylic acids is 1. The minimum atomic E-state index is -0.332. The molecule has 2 heterocycles. The molecule has 0 spiro atoms. The number of hydrogen-bond donors (Lipinski definition) is 2. The van der Waals surface area contributed by atoms with Gasteiger partial charge in [0.05, 0.1) is 25.0 Å².